The van der Waals surface area contributed by atoms with Crippen LogP contribution in [0.3, 0.4) is 0 Å². The minimum Gasteiger partial charge on any atom is -0.366 e. The van der Waals surface area contributed by atoms with Crippen LogP contribution < -0.4 is 11.5 Å². The Balaban J connectivity index is 0.00000169. The fourth-order valence-electron chi connectivity index (χ4n) is 4.50. The van der Waals surface area contributed by atoms with E-state index in [1.165, 1.54) is 11.6 Å². The van der Waals surface area contributed by atoms with Gasteiger partial charge in [0, 0.05) is 22.7 Å². The van der Waals surface area contributed by atoms with Crippen molar-refractivity contribution in [3.8, 4) is 0 Å². The number of carbonyl (C=O) groups excluding carboxylic acids is 1. The Kier molecular flexibility index (Phi) is 4.58. The second-order valence-electron chi connectivity index (χ2n) is 6.99. The molecular weight excluding hydrogens is 329 g/mol. The first kappa shape index (κ1) is 17.2. The van der Waals surface area contributed by atoms with Crippen molar-refractivity contribution in [2.24, 2.45) is 11.5 Å². The lowest BCUT2D eigenvalue weighted by Gasteiger charge is -2.28. The van der Waals surface area contributed by atoms with Crippen LogP contribution in [0, 0.1) is 5.82 Å². The number of fused-ring (bicyclic) bond motifs is 3. The normalized spacial score (nSPS) is 23.1. The smallest absolute Gasteiger partial charge is 0.250 e. The third-order valence-electron chi connectivity index (χ3n) is 5.50. The largest absolute Gasteiger partial charge is 0.366 e. The summed E-state index contributed by atoms with van der Waals surface area (Å²) in [4.78, 5) is 15.1. The number of rotatable bonds is 2. The number of aromatic nitrogens is 1. The molecule has 1 unspecified atom stereocenters. The van der Waals surface area contributed by atoms with Gasteiger partial charge in [-0.25, -0.2) is 4.39 Å². The molecule has 2 aromatic rings. The van der Waals surface area contributed by atoms with Gasteiger partial charge in [-0.3, -0.25) is 4.79 Å². The molecule has 1 aromatic carbocycles. The third kappa shape index (κ3) is 2.60. The molecule has 4 nitrogen and oxygen atoms in total. The number of nitrogens with one attached hydrogen (secondary N) is 1. The molecule has 1 aromatic heterocycles. The van der Waals surface area contributed by atoms with Crippen molar-refractivity contribution in [1.29, 1.82) is 0 Å². The fourth-order valence-corrected chi connectivity index (χ4v) is 4.50. The molecule has 2 atom stereocenters. The van der Waals surface area contributed by atoms with E-state index in [4.69, 9.17) is 11.5 Å². The molecular formula is C18H23ClFN3O. The van der Waals surface area contributed by atoms with Crippen LogP contribution in [0.1, 0.15) is 65.2 Å². The molecule has 0 aliphatic heterocycles. The molecule has 0 spiro atoms. The molecule has 4 rings (SSSR count). The summed E-state index contributed by atoms with van der Waals surface area (Å²) in [6.07, 6.45) is 6.75. The summed E-state index contributed by atoms with van der Waals surface area (Å²) in [6.45, 7) is 0. The van der Waals surface area contributed by atoms with Crippen LogP contribution in [-0.4, -0.2) is 16.9 Å². The summed E-state index contributed by atoms with van der Waals surface area (Å²) in [5.41, 5.74) is 15.6. The predicted octanol–water partition coefficient (Wildman–Crippen LogP) is 3.30. The minimum absolute atomic E-state index is 0. The lowest BCUT2D eigenvalue weighted by Crippen LogP contribution is -2.27. The highest BCUT2D eigenvalue weighted by molar-refractivity contribution is 6.07. The highest BCUT2D eigenvalue weighted by Gasteiger charge is 2.30. The van der Waals surface area contributed by atoms with Crippen LogP contribution in [0.5, 0.6) is 0 Å². The third-order valence-corrected chi connectivity index (χ3v) is 5.50. The van der Waals surface area contributed by atoms with E-state index < -0.39 is 5.91 Å². The second-order valence-corrected chi connectivity index (χ2v) is 6.99. The Bertz CT molecular complexity index is 801. The minimum atomic E-state index is -0.583. The maximum Gasteiger partial charge on any atom is 0.250 e. The van der Waals surface area contributed by atoms with Crippen LogP contribution in [-0.2, 0) is 12.8 Å². The van der Waals surface area contributed by atoms with Gasteiger partial charge in [-0.05, 0) is 56.1 Å². The first-order chi connectivity index (χ1) is 11.1. The van der Waals surface area contributed by atoms with Gasteiger partial charge in [0.1, 0.15) is 5.82 Å². The summed E-state index contributed by atoms with van der Waals surface area (Å²) in [6, 6.07) is 1.44. The fraction of sp³-hybridized carbons (Fsp3) is 0.500. The van der Waals surface area contributed by atoms with Gasteiger partial charge in [-0.15, -0.1) is 12.4 Å². The van der Waals surface area contributed by atoms with Gasteiger partial charge in [0.05, 0.1) is 11.1 Å². The molecule has 0 radical (unpaired) electrons. The maximum atomic E-state index is 14.9. The van der Waals surface area contributed by atoms with Crippen LogP contribution in [0.2, 0.25) is 0 Å². The van der Waals surface area contributed by atoms with E-state index in [0.29, 0.717) is 0 Å². The van der Waals surface area contributed by atoms with E-state index in [0.717, 1.165) is 67.1 Å². The molecule has 2 aliphatic rings. The molecule has 24 heavy (non-hydrogen) atoms. The highest BCUT2D eigenvalue weighted by atomic mass is 35.5. The lowest BCUT2D eigenvalue weighted by atomic mass is 9.79. The summed E-state index contributed by atoms with van der Waals surface area (Å²) < 4.78 is 14.9. The van der Waals surface area contributed by atoms with Crippen molar-refractivity contribution in [3.63, 3.8) is 0 Å². The average Bonchev–Trinajstić information content (AvgIpc) is 3.07. The van der Waals surface area contributed by atoms with Gasteiger partial charge < -0.3 is 16.5 Å². The van der Waals surface area contributed by atoms with Gasteiger partial charge in [-0.1, -0.05) is 6.42 Å². The number of halogens is 2. The maximum absolute atomic E-state index is 14.9. The SMILES string of the molecule is Cl.NC(=O)c1cc(F)c(C2CCC[C@H](N)C2)c2c3c([nH]c12)CCC3. The Labute approximate surface area is 146 Å². The van der Waals surface area contributed by atoms with Crippen LogP contribution in [0.25, 0.3) is 10.9 Å². The summed E-state index contributed by atoms with van der Waals surface area (Å²) in [5.74, 6) is -0.761. The van der Waals surface area contributed by atoms with Gasteiger partial charge in [0.2, 0.25) is 0 Å². The Morgan fingerprint density at radius 1 is 1.25 bits per heavy atom. The number of aromatic amines is 1. The number of aryl methyl sites for hydroxylation is 2. The van der Waals surface area contributed by atoms with E-state index in [2.05, 4.69) is 4.98 Å². The van der Waals surface area contributed by atoms with Gasteiger partial charge >= 0.3 is 0 Å². The van der Waals surface area contributed by atoms with Gasteiger partial charge in [0.25, 0.3) is 5.91 Å². The van der Waals surface area contributed by atoms with E-state index >= 15 is 0 Å². The van der Waals surface area contributed by atoms with Crippen LogP contribution >= 0.6 is 12.4 Å². The Morgan fingerprint density at radius 3 is 2.75 bits per heavy atom. The molecule has 1 heterocycles. The van der Waals surface area contributed by atoms with Crippen molar-refractivity contribution in [2.75, 3.05) is 0 Å². The van der Waals surface area contributed by atoms with Crippen molar-refractivity contribution in [3.05, 3.63) is 34.3 Å². The summed E-state index contributed by atoms with van der Waals surface area (Å²) in [5, 5.41) is 0.908. The Hall–Kier alpha value is -1.59. The summed E-state index contributed by atoms with van der Waals surface area (Å²) in [7, 11) is 0. The van der Waals surface area contributed by atoms with Crippen LogP contribution in [0.4, 0.5) is 4.39 Å². The van der Waals surface area contributed by atoms with Crippen molar-refractivity contribution in [1.82, 2.24) is 4.98 Å². The zero-order chi connectivity index (χ0) is 16.1. The molecule has 130 valence electrons. The van der Waals surface area contributed by atoms with E-state index in [-0.39, 0.29) is 35.7 Å². The van der Waals surface area contributed by atoms with Crippen molar-refractivity contribution < 1.29 is 9.18 Å². The number of carbonyl (C=O) groups is 1. The molecule has 1 saturated carbocycles. The molecule has 6 heteroatoms. The topological polar surface area (TPSA) is 84.9 Å². The van der Waals surface area contributed by atoms with Crippen LogP contribution in [0.15, 0.2) is 6.07 Å². The Morgan fingerprint density at radius 2 is 2.04 bits per heavy atom. The number of hydrogen-bond acceptors (Lipinski definition) is 2. The molecule has 5 N–H and O–H groups in total. The zero-order valence-electron chi connectivity index (χ0n) is 13.5. The number of amides is 1. The molecule has 1 amide bonds. The molecule has 1 fully saturated rings. The van der Waals surface area contributed by atoms with Gasteiger partial charge in [-0.2, -0.15) is 0 Å². The highest BCUT2D eigenvalue weighted by Crippen LogP contribution is 2.42. The van der Waals surface area contributed by atoms with Crippen molar-refractivity contribution in [2.45, 2.75) is 56.9 Å². The second kappa shape index (κ2) is 6.37. The van der Waals surface area contributed by atoms with E-state index in [1.54, 1.807) is 0 Å². The standard InChI is InChI=1S/C18H22FN3O.ClH/c19-13-8-12(18(21)23)17-16(11-5-2-6-14(11)22-17)15(13)9-3-1-4-10(20)7-9;/h8-10,22H,1-7,20H2,(H2,21,23);1H/t9?,10-;/m0./s1. The zero-order valence-corrected chi connectivity index (χ0v) is 14.3. The number of primary amides is 1. The number of H-pyrrole nitrogens is 1. The predicted molar refractivity (Wildman–Crippen MR) is 95.2 cm³/mol. The molecule has 0 saturated heterocycles. The first-order valence-corrected chi connectivity index (χ1v) is 8.47. The number of benzene rings is 1. The van der Waals surface area contributed by atoms with Gasteiger partial charge in [0.15, 0.2) is 0 Å². The number of nitrogens with two attached hydrogens (primary N) is 2. The van der Waals surface area contributed by atoms with E-state index in [9.17, 15) is 9.18 Å². The molecule has 0 bridgehead atoms. The molecule has 2 aliphatic carbocycles. The summed E-state index contributed by atoms with van der Waals surface area (Å²) >= 11 is 0. The lowest BCUT2D eigenvalue weighted by molar-refractivity contribution is 0.100. The monoisotopic (exact) mass is 351 g/mol. The quantitative estimate of drug-likeness (QED) is 0.775. The number of hydrogen-bond donors (Lipinski definition) is 3. The average molecular weight is 352 g/mol. The van der Waals surface area contributed by atoms with Crippen molar-refractivity contribution >= 4 is 29.2 Å². The van der Waals surface area contributed by atoms with E-state index in [1.807, 2.05) is 0 Å². The first-order valence-electron chi connectivity index (χ1n) is 8.47.